The topological polar surface area (TPSA) is 91.8 Å². The number of nitrogens with one attached hydrogen (secondary N) is 3. The molecule has 3 N–H and O–H groups in total. The summed E-state index contributed by atoms with van der Waals surface area (Å²) in [6.07, 6.45) is 3.19. The van der Waals surface area contributed by atoms with Crippen molar-refractivity contribution >= 4 is 35.4 Å². The molecule has 1 aliphatic carbocycles. The fourth-order valence-corrected chi connectivity index (χ4v) is 4.63. The van der Waals surface area contributed by atoms with Crippen molar-refractivity contribution in [1.29, 1.82) is 0 Å². The molecule has 0 saturated carbocycles. The average molecular weight is 414 g/mol. The molecule has 0 unspecified atom stereocenters. The number of hydrogen-bond acceptors (Lipinski definition) is 5. The first kappa shape index (κ1) is 18.6. The monoisotopic (exact) mass is 413 g/mol. The van der Waals surface area contributed by atoms with Gasteiger partial charge in [0.25, 0.3) is 11.8 Å². The average Bonchev–Trinajstić information content (AvgIpc) is 3.35. The smallest absolute Gasteiger partial charge is 0.279 e. The number of carbonyl (C=O) groups excluding carboxylic acids is 2. The van der Waals surface area contributed by atoms with Crippen LogP contribution in [0.15, 0.2) is 30.3 Å². The summed E-state index contributed by atoms with van der Waals surface area (Å²) in [7, 11) is 0. The molecule has 2 heterocycles. The summed E-state index contributed by atoms with van der Waals surface area (Å²) < 4.78 is 1.94. The number of amides is 2. The number of fused-ring (bicyclic) bond motifs is 1. The van der Waals surface area contributed by atoms with E-state index in [1.807, 2.05) is 37.3 Å². The SMILES string of the molecule is Cc1cccc(-c2n[nH]c(=S)n2CC(=O)NNC(=O)c2cc3c(s2)CCC3)c1. The lowest BCUT2D eigenvalue weighted by Gasteiger charge is -2.09. The molecule has 1 aliphatic rings. The van der Waals surface area contributed by atoms with Gasteiger partial charge in [0.15, 0.2) is 10.6 Å². The van der Waals surface area contributed by atoms with Crippen molar-refractivity contribution in [1.82, 2.24) is 25.6 Å². The Morgan fingerprint density at radius 1 is 1.29 bits per heavy atom. The Kier molecular flexibility index (Phi) is 5.10. The zero-order valence-electron chi connectivity index (χ0n) is 15.2. The van der Waals surface area contributed by atoms with Gasteiger partial charge >= 0.3 is 0 Å². The van der Waals surface area contributed by atoms with Gasteiger partial charge in [-0.05, 0) is 56.1 Å². The standard InChI is InChI=1S/C19H19N5O2S2/c1-11-4-2-6-13(8-11)17-21-23-19(27)24(17)10-16(25)20-22-18(26)15-9-12-5-3-7-14(12)28-15/h2,4,6,8-9H,3,5,7,10H2,1H3,(H,20,25)(H,22,26)(H,23,27). The van der Waals surface area contributed by atoms with Crippen LogP contribution in [0.5, 0.6) is 0 Å². The maximum Gasteiger partial charge on any atom is 0.279 e. The number of aromatic amines is 1. The first-order valence-corrected chi connectivity index (χ1v) is 10.2. The maximum absolute atomic E-state index is 12.4. The number of aromatic nitrogens is 3. The Bertz CT molecular complexity index is 1090. The highest BCUT2D eigenvalue weighted by Crippen LogP contribution is 2.30. The fourth-order valence-electron chi connectivity index (χ4n) is 3.28. The lowest BCUT2D eigenvalue weighted by Crippen LogP contribution is -2.43. The minimum atomic E-state index is -0.385. The molecule has 2 amide bonds. The molecule has 2 aromatic heterocycles. The minimum absolute atomic E-state index is 0.0557. The highest BCUT2D eigenvalue weighted by Gasteiger charge is 2.19. The molecule has 144 valence electrons. The Balaban J connectivity index is 1.42. The summed E-state index contributed by atoms with van der Waals surface area (Å²) in [4.78, 5) is 26.5. The van der Waals surface area contributed by atoms with Crippen molar-refractivity contribution < 1.29 is 9.59 Å². The number of aryl methyl sites for hydroxylation is 3. The van der Waals surface area contributed by atoms with Crippen LogP contribution in [-0.2, 0) is 24.2 Å². The Labute approximate surface area is 170 Å². The molecule has 0 aliphatic heterocycles. The number of carbonyl (C=O) groups is 2. The van der Waals surface area contributed by atoms with Crippen LogP contribution in [0.25, 0.3) is 11.4 Å². The van der Waals surface area contributed by atoms with Crippen molar-refractivity contribution in [3.63, 3.8) is 0 Å². The van der Waals surface area contributed by atoms with Gasteiger partial charge in [-0.1, -0.05) is 23.8 Å². The molecule has 0 atom stereocenters. The van der Waals surface area contributed by atoms with Gasteiger partial charge in [0.05, 0.1) is 4.88 Å². The van der Waals surface area contributed by atoms with Gasteiger partial charge in [-0.15, -0.1) is 11.3 Å². The van der Waals surface area contributed by atoms with E-state index >= 15 is 0 Å². The number of nitrogens with zero attached hydrogens (tertiary/aromatic N) is 2. The molecule has 3 aromatic rings. The molecular formula is C19H19N5O2S2. The van der Waals surface area contributed by atoms with E-state index in [9.17, 15) is 9.59 Å². The fraction of sp³-hybridized carbons (Fsp3) is 0.263. The molecule has 0 spiro atoms. The summed E-state index contributed by atoms with van der Waals surface area (Å²) in [5.74, 6) is -0.115. The van der Waals surface area contributed by atoms with E-state index in [2.05, 4.69) is 21.0 Å². The van der Waals surface area contributed by atoms with Crippen LogP contribution in [0.4, 0.5) is 0 Å². The van der Waals surface area contributed by atoms with Crippen molar-refractivity contribution in [2.45, 2.75) is 32.7 Å². The first-order chi connectivity index (χ1) is 13.5. The van der Waals surface area contributed by atoms with Gasteiger partial charge in [-0.3, -0.25) is 30.1 Å². The van der Waals surface area contributed by atoms with Crippen molar-refractivity contribution in [2.24, 2.45) is 0 Å². The van der Waals surface area contributed by atoms with E-state index in [0.29, 0.717) is 15.5 Å². The molecule has 1 aromatic carbocycles. The van der Waals surface area contributed by atoms with Gasteiger partial charge in [0.1, 0.15) is 6.54 Å². The number of hydrazine groups is 1. The molecular weight excluding hydrogens is 394 g/mol. The second kappa shape index (κ2) is 7.69. The molecule has 0 fully saturated rings. The first-order valence-electron chi connectivity index (χ1n) is 8.94. The van der Waals surface area contributed by atoms with E-state index in [0.717, 1.165) is 30.4 Å². The second-order valence-electron chi connectivity index (χ2n) is 6.72. The number of thiophene rings is 1. The van der Waals surface area contributed by atoms with E-state index in [4.69, 9.17) is 12.2 Å². The molecule has 0 saturated heterocycles. The van der Waals surface area contributed by atoms with Crippen LogP contribution >= 0.6 is 23.6 Å². The summed E-state index contributed by atoms with van der Waals surface area (Å²) >= 11 is 6.74. The van der Waals surface area contributed by atoms with Crippen LogP contribution in [-0.4, -0.2) is 26.6 Å². The van der Waals surface area contributed by atoms with Crippen LogP contribution in [0.1, 0.15) is 32.1 Å². The van der Waals surface area contributed by atoms with Crippen molar-refractivity contribution in [2.75, 3.05) is 0 Å². The molecule has 28 heavy (non-hydrogen) atoms. The lowest BCUT2D eigenvalue weighted by molar-refractivity contribution is -0.122. The van der Waals surface area contributed by atoms with E-state index in [-0.39, 0.29) is 18.4 Å². The zero-order valence-corrected chi connectivity index (χ0v) is 16.9. The van der Waals surface area contributed by atoms with Gasteiger partial charge < -0.3 is 0 Å². The van der Waals surface area contributed by atoms with Gasteiger partial charge in [-0.25, -0.2) is 0 Å². The number of benzene rings is 1. The number of H-pyrrole nitrogens is 1. The molecule has 0 radical (unpaired) electrons. The highest BCUT2D eigenvalue weighted by molar-refractivity contribution is 7.71. The van der Waals surface area contributed by atoms with Crippen molar-refractivity contribution in [3.05, 3.63) is 56.0 Å². The van der Waals surface area contributed by atoms with Crippen LogP contribution in [0.2, 0.25) is 0 Å². The van der Waals surface area contributed by atoms with Gasteiger partial charge in [-0.2, -0.15) is 5.10 Å². The zero-order chi connectivity index (χ0) is 19.7. The Morgan fingerprint density at radius 2 is 2.14 bits per heavy atom. The van der Waals surface area contributed by atoms with Crippen LogP contribution < -0.4 is 10.9 Å². The number of rotatable bonds is 4. The predicted octanol–water partition coefficient (Wildman–Crippen LogP) is 2.93. The molecule has 9 heteroatoms. The van der Waals surface area contributed by atoms with E-state index < -0.39 is 0 Å². The number of hydrogen-bond donors (Lipinski definition) is 3. The maximum atomic E-state index is 12.4. The third-order valence-electron chi connectivity index (χ3n) is 4.62. The third-order valence-corrected chi connectivity index (χ3v) is 6.17. The van der Waals surface area contributed by atoms with E-state index in [1.165, 1.54) is 21.8 Å². The highest BCUT2D eigenvalue weighted by atomic mass is 32.1. The summed E-state index contributed by atoms with van der Waals surface area (Å²) in [6, 6.07) is 9.70. The summed E-state index contributed by atoms with van der Waals surface area (Å²) in [5.41, 5.74) is 8.13. The quantitative estimate of drug-likeness (QED) is 0.453. The van der Waals surface area contributed by atoms with Crippen LogP contribution in [0.3, 0.4) is 0 Å². The minimum Gasteiger partial charge on any atom is -0.291 e. The van der Waals surface area contributed by atoms with Gasteiger partial charge in [0.2, 0.25) is 0 Å². The van der Waals surface area contributed by atoms with Crippen molar-refractivity contribution in [3.8, 4) is 11.4 Å². The normalized spacial score (nSPS) is 12.6. The molecule has 7 nitrogen and oxygen atoms in total. The Morgan fingerprint density at radius 3 is 2.93 bits per heavy atom. The molecule has 0 bridgehead atoms. The predicted molar refractivity (Wildman–Crippen MR) is 110 cm³/mol. The lowest BCUT2D eigenvalue weighted by atomic mass is 10.1. The van der Waals surface area contributed by atoms with E-state index in [1.54, 1.807) is 4.57 Å². The largest absolute Gasteiger partial charge is 0.291 e. The van der Waals surface area contributed by atoms with Crippen LogP contribution in [0, 0.1) is 11.7 Å². The third kappa shape index (κ3) is 3.76. The Hall–Kier alpha value is -2.78. The van der Waals surface area contributed by atoms with Gasteiger partial charge in [0, 0.05) is 10.4 Å². The second-order valence-corrected chi connectivity index (χ2v) is 8.25. The summed E-state index contributed by atoms with van der Waals surface area (Å²) in [6.45, 7) is 1.93. The molecule has 4 rings (SSSR count). The summed E-state index contributed by atoms with van der Waals surface area (Å²) in [5, 5.41) is 6.95.